The van der Waals surface area contributed by atoms with E-state index in [4.69, 9.17) is 5.11 Å². The minimum absolute atomic E-state index is 0.352. The van der Waals surface area contributed by atoms with Crippen LogP contribution in [0.25, 0.3) is 10.6 Å². The summed E-state index contributed by atoms with van der Waals surface area (Å²) in [4.78, 5) is 15.0. The summed E-state index contributed by atoms with van der Waals surface area (Å²) in [5.41, 5.74) is 0.886. The van der Waals surface area contributed by atoms with Crippen molar-refractivity contribution in [3.05, 3.63) is 27.9 Å². The van der Waals surface area contributed by atoms with Crippen molar-refractivity contribution < 1.29 is 9.90 Å². The van der Waals surface area contributed by atoms with Gasteiger partial charge in [-0.05, 0) is 6.07 Å². The Morgan fingerprint density at radius 2 is 2.31 bits per heavy atom. The van der Waals surface area contributed by atoms with Crippen molar-refractivity contribution in [3.8, 4) is 10.6 Å². The van der Waals surface area contributed by atoms with Crippen LogP contribution in [0.2, 0.25) is 0 Å². The molecule has 2 aromatic heterocycles. The van der Waals surface area contributed by atoms with E-state index in [2.05, 4.69) is 4.98 Å². The molecule has 0 fully saturated rings. The molecule has 0 spiro atoms. The lowest BCUT2D eigenvalue weighted by molar-refractivity contribution is 0.0702. The van der Waals surface area contributed by atoms with Crippen LogP contribution >= 0.6 is 22.7 Å². The summed E-state index contributed by atoms with van der Waals surface area (Å²) in [7, 11) is 0. The molecule has 0 atom stereocenters. The van der Waals surface area contributed by atoms with Gasteiger partial charge in [-0.2, -0.15) is 0 Å². The first-order valence-corrected chi connectivity index (χ1v) is 5.25. The Morgan fingerprint density at radius 1 is 1.46 bits per heavy atom. The van der Waals surface area contributed by atoms with Gasteiger partial charge in [0.1, 0.15) is 9.88 Å². The van der Waals surface area contributed by atoms with Gasteiger partial charge in [0.05, 0.1) is 0 Å². The van der Waals surface area contributed by atoms with Crippen LogP contribution < -0.4 is 0 Å². The molecule has 0 aliphatic carbocycles. The van der Waals surface area contributed by atoms with Crippen LogP contribution in [0.5, 0.6) is 0 Å². The van der Waals surface area contributed by atoms with E-state index in [-0.39, 0.29) is 0 Å². The Labute approximate surface area is 82.3 Å². The molecule has 0 radical (unpaired) electrons. The van der Waals surface area contributed by atoms with E-state index in [9.17, 15) is 4.79 Å². The van der Waals surface area contributed by atoms with Gasteiger partial charge in [-0.15, -0.1) is 22.7 Å². The standard InChI is InChI=1S/C8H5NO2S2/c10-8(11)6-3-5(4-13-6)7-9-1-2-12-7/h1-4H,(H,10,11). The third-order valence-corrected chi connectivity index (χ3v) is 3.23. The molecule has 0 saturated heterocycles. The summed E-state index contributed by atoms with van der Waals surface area (Å²) < 4.78 is 0. The Morgan fingerprint density at radius 3 is 2.85 bits per heavy atom. The van der Waals surface area contributed by atoms with Gasteiger partial charge in [0.2, 0.25) is 0 Å². The molecule has 2 aromatic rings. The van der Waals surface area contributed by atoms with Crippen LogP contribution in [0.3, 0.4) is 0 Å². The number of carbonyl (C=O) groups is 1. The van der Waals surface area contributed by atoms with E-state index in [0.717, 1.165) is 10.6 Å². The quantitative estimate of drug-likeness (QED) is 0.830. The van der Waals surface area contributed by atoms with Crippen LogP contribution in [0.15, 0.2) is 23.0 Å². The third-order valence-electron chi connectivity index (χ3n) is 1.49. The van der Waals surface area contributed by atoms with Crippen LogP contribution in [0, 0.1) is 0 Å². The molecule has 0 amide bonds. The van der Waals surface area contributed by atoms with Crippen molar-refractivity contribution in [1.82, 2.24) is 4.98 Å². The smallest absolute Gasteiger partial charge is 0.345 e. The summed E-state index contributed by atoms with van der Waals surface area (Å²) in [5, 5.41) is 13.2. The van der Waals surface area contributed by atoms with Crippen LogP contribution in [0.1, 0.15) is 9.67 Å². The second-order valence-corrected chi connectivity index (χ2v) is 4.15. The predicted molar refractivity (Wildman–Crippen MR) is 52.4 cm³/mol. The van der Waals surface area contributed by atoms with Gasteiger partial charge in [0.15, 0.2) is 0 Å². The minimum Gasteiger partial charge on any atom is -0.477 e. The number of aromatic carboxylic acids is 1. The molecule has 0 aliphatic rings. The Hall–Kier alpha value is -1.20. The molecule has 0 aliphatic heterocycles. The highest BCUT2D eigenvalue weighted by molar-refractivity contribution is 7.15. The Kier molecular flexibility index (Phi) is 2.12. The van der Waals surface area contributed by atoms with Gasteiger partial charge < -0.3 is 5.11 Å². The van der Waals surface area contributed by atoms with E-state index in [1.54, 1.807) is 12.3 Å². The topological polar surface area (TPSA) is 50.2 Å². The zero-order chi connectivity index (χ0) is 9.26. The van der Waals surface area contributed by atoms with Crippen molar-refractivity contribution in [2.24, 2.45) is 0 Å². The lowest BCUT2D eigenvalue weighted by Gasteiger charge is -1.85. The van der Waals surface area contributed by atoms with Gasteiger partial charge in [-0.3, -0.25) is 0 Å². The zero-order valence-corrected chi connectivity index (χ0v) is 8.06. The Bertz CT molecular complexity index is 419. The maximum Gasteiger partial charge on any atom is 0.345 e. The number of carboxylic acid groups (broad SMARTS) is 1. The highest BCUT2D eigenvalue weighted by atomic mass is 32.1. The maximum atomic E-state index is 10.6. The van der Waals surface area contributed by atoms with Gasteiger partial charge in [-0.1, -0.05) is 0 Å². The van der Waals surface area contributed by atoms with Crippen molar-refractivity contribution in [1.29, 1.82) is 0 Å². The molecule has 3 nitrogen and oxygen atoms in total. The van der Waals surface area contributed by atoms with E-state index in [1.807, 2.05) is 10.8 Å². The second kappa shape index (κ2) is 3.27. The summed E-state index contributed by atoms with van der Waals surface area (Å²) in [5.74, 6) is -0.882. The van der Waals surface area contributed by atoms with Crippen molar-refractivity contribution in [2.75, 3.05) is 0 Å². The SMILES string of the molecule is O=C(O)c1cc(-c2nccs2)cs1. The molecule has 2 rings (SSSR count). The fourth-order valence-corrected chi connectivity index (χ4v) is 2.36. The second-order valence-electron chi connectivity index (χ2n) is 2.34. The van der Waals surface area contributed by atoms with E-state index in [0.29, 0.717) is 4.88 Å². The molecule has 0 aromatic carbocycles. The summed E-state index contributed by atoms with van der Waals surface area (Å²) in [6.07, 6.45) is 1.71. The highest BCUT2D eigenvalue weighted by Crippen LogP contribution is 2.26. The largest absolute Gasteiger partial charge is 0.477 e. The number of hydrogen-bond acceptors (Lipinski definition) is 4. The van der Waals surface area contributed by atoms with Crippen molar-refractivity contribution >= 4 is 28.6 Å². The molecule has 1 N–H and O–H groups in total. The van der Waals surface area contributed by atoms with Crippen LogP contribution in [-0.4, -0.2) is 16.1 Å². The lowest BCUT2D eigenvalue weighted by atomic mass is 10.3. The molecule has 0 saturated carbocycles. The summed E-state index contributed by atoms with van der Waals surface area (Å²) in [6, 6.07) is 1.64. The molecule has 0 unspecified atom stereocenters. The monoisotopic (exact) mass is 211 g/mol. The number of thiophene rings is 1. The Balaban J connectivity index is 2.39. The number of nitrogens with zero attached hydrogens (tertiary/aromatic N) is 1. The third kappa shape index (κ3) is 1.61. The summed E-state index contributed by atoms with van der Waals surface area (Å²) in [6.45, 7) is 0. The average molecular weight is 211 g/mol. The first kappa shape index (κ1) is 8.40. The fourth-order valence-electron chi connectivity index (χ4n) is 0.927. The van der Waals surface area contributed by atoms with Gasteiger partial charge >= 0.3 is 5.97 Å². The lowest BCUT2D eigenvalue weighted by Crippen LogP contribution is -1.89. The molecule has 2 heterocycles. The zero-order valence-electron chi connectivity index (χ0n) is 6.43. The number of hydrogen-bond donors (Lipinski definition) is 1. The first-order valence-electron chi connectivity index (χ1n) is 3.49. The maximum absolute atomic E-state index is 10.6. The normalized spacial score (nSPS) is 10.2. The average Bonchev–Trinajstić information content (AvgIpc) is 2.75. The summed E-state index contributed by atoms with van der Waals surface area (Å²) >= 11 is 2.73. The number of aromatic nitrogens is 1. The molecule has 0 bridgehead atoms. The van der Waals surface area contributed by atoms with E-state index in [1.165, 1.54) is 22.7 Å². The molecule has 13 heavy (non-hydrogen) atoms. The fraction of sp³-hybridized carbons (Fsp3) is 0. The van der Waals surface area contributed by atoms with Crippen LogP contribution in [0.4, 0.5) is 0 Å². The van der Waals surface area contributed by atoms with E-state index < -0.39 is 5.97 Å². The molecule has 66 valence electrons. The number of thiazole rings is 1. The first-order chi connectivity index (χ1) is 6.27. The number of carboxylic acids is 1. The van der Waals surface area contributed by atoms with Gasteiger partial charge in [0.25, 0.3) is 0 Å². The number of rotatable bonds is 2. The van der Waals surface area contributed by atoms with Crippen LogP contribution in [-0.2, 0) is 0 Å². The molecular formula is C8H5NO2S2. The van der Waals surface area contributed by atoms with Crippen molar-refractivity contribution in [3.63, 3.8) is 0 Å². The predicted octanol–water partition coefficient (Wildman–Crippen LogP) is 2.57. The molecule has 5 heteroatoms. The minimum atomic E-state index is -0.882. The van der Waals surface area contributed by atoms with E-state index >= 15 is 0 Å². The highest BCUT2D eigenvalue weighted by Gasteiger charge is 2.08. The van der Waals surface area contributed by atoms with Crippen molar-refractivity contribution in [2.45, 2.75) is 0 Å². The molecular weight excluding hydrogens is 206 g/mol. The van der Waals surface area contributed by atoms with Gasteiger partial charge in [0, 0.05) is 22.5 Å². The van der Waals surface area contributed by atoms with Gasteiger partial charge in [-0.25, -0.2) is 9.78 Å².